The minimum absolute atomic E-state index is 0.216. The van der Waals surface area contributed by atoms with Crippen LogP contribution in [0, 0.1) is 6.92 Å². The van der Waals surface area contributed by atoms with Gasteiger partial charge in [0.1, 0.15) is 23.7 Å². The predicted molar refractivity (Wildman–Crippen MR) is 117 cm³/mol. The van der Waals surface area contributed by atoms with Crippen molar-refractivity contribution < 1.29 is 13.2 Å². The fourth-order valence-electron chi connectivity index (χ4n) is 2.93. The number of hydrogen-bond acceptors (Lipinski definition) is 6. The van der Waals surface area contributed by atoms with E-state index in [2.05, 4.69) is 19.7 Å². The van der Waals surface area contributed by atoms with E-state index in [1.165, 1.54) is 0 Å². The predicted octanol–water partition coefficient (Wildman–Crippen LogP) is 4.13. The Morgan fingerprint density at radius 3 is 2.42 bits per heavy atom. The summed E-state index contributed by atoms with van der Waals surface area (Å²) in [7, 11) is -3.67. The average molecular weight is 436 g/mol. The maximum atomic E-state index is 12.6. The third-order valence-corrected chi connectivity index (χ3v) is 5.94. The van der Waals surface area contributed by atoms with Crippen molar-refractivity contribution in [2.45, 2.75) is 25.2 Å². The zero-order valence-electron chi connectivity index (χ0n) is 17.1. The largest absolute Gasteiger partial charge is 0.439 e. The molecule has 0 atom stereocenters. The minimum atomic E-state index is -3.67. The number of hydrogen-bond donors (Lipinski definition) is 1. The van der Waals surface area contributed by atoms with Crippen LogP contribution in [-0.4, -0.2) is 27.9 Å². The SMILES string of the molecule is CCc1ccc(S(=O)(=O)Nc2ccc(Oc3cc(-n4ccnc4)nc(C)n3)cc2)cc1. The molecule has 2 aromatic heterocycles. The number of ether oxygens (including phenoxy) is 1. The molecule has 0 bridgehead atoms. The number of aryl methyl sites for hydroxylation is 2. The lowest BCUT2D eigenvalue weighted by molar-refractivity contribution is 0.459. The number of nitrogens with zero attached hydrogens (tertiary/aromatic N) is 4. The van der Waals surface area contributed by atoms with Gasteiger partial charge in [0.05, 0.1) is 4.90 Å². The molecule has 2 aromatic carbocycles. The van der Waals surface area contributed by atoms with Crippen molar-refractivity contribution in [1.29, 1.82) is 0 Å². The van der Waals surface area contributed by atoms with Gasteiger partial charge < -0.3 is 4.74 Å². The highest BCUT2D eigenvalue weighted by Crippen LogP contribution is 2.24. The molecule has 1 N–H and O–H groups in total. The third kappa shape index (κ3) is 4.89. The van der Waals surface area contributed by atoms with Gasteiger partial charge in [0.2, 0.25) is 5.88 Å². The Morgan fingerprint density at radius 1 is 1.03 bits per heavy atom. The summed E-state index contributed by atoms with van der Waals surface area (Å²) < 4.78 is 35.4. The van der Waals surface area contributed by atoms with E-state index in [-0.39, 0.29) is 4.90 Å². The first-order chi connectivity index (χ1) is 14.9. The maximum absolute atomic E-state index is 12.6. The fourth-order valence-corrected chi connectivity index (χ4v) is 3.99. The molecular formula is C22H21N5O3S. The molecule has 4 rings (SSSR count). The summed E-state index contributed by atoms with van der Waals surface area (Å²) in [4.78, 5) is 12.9. The Kier molecular flexibility index (Phi) is 5.68. The molecule has 0 radical (unpaired) electrons. The van der Waals surface area contributed by atoms with E-state index < -0.39 is 10.0 Å². The van der Waals surface area contributed by atoms with Crippen LogP contribution in [0.15, 0.2) is 78.2 Å². The molecule has 158 valence electrons. The highest BCUT2D eigenvalue weighted by molar-refractivity contribution is 7.92. The fraction of sp³-hybridized carbons (Fsp3) is 0.136. The Labute approximate surface area is 180 Å². The van der Waals surface area contributed by atoms with Crippen molar-refractivity contribution in [3.05, 3.63) is 84.7 Å². The highest BCUT2D eigenvalue weighted by Gasteiger charge is 2.14. The average Bonchev–Trinajstić information content (AvgIpc) is 3.30. The van der Waals surface area contributed by atoms with Crippen molar-refractivity contribution in [1.82, 2.24) is 19.5 Å². The van der Waals surface area contributed by atoms with Crippen molar-refractivity contribution in [2.75, 3.05) is 4.72 Å². The molecule has 0 amide bonds. The van der Waals surface area contributed by atoms with Crippen molar-refractivity contribution in [2.24, 2.45) is 0 Å². The molecule has 9 heteroatoms. The summed E-state index contributed by atoms with van der Waals surface area (Å²) >= 11 is 0. The van der Waals surface area contributed by atoms with Crippen molar-refractivity contribution in [3.63, 3.8) is 0 Å². The number of nitrogens with one attached hydrogen (secondary N) is 1. The van der Waals surface area contributed by atoms with E-state index >= 15 is 0 Å². The molecule has 8 nitrogen and oxygen atoms in total. The van der Waals surface area contributed by atoms with E-state index in [1.807, 2.05) is 19.1 Å². The van der Waals surface area contributed by atoms with Crippen LogP contribution >= 0.6 is 0 Å². The van der Waals surface area contributed by atoms with E-state index in [1.54, 1.807) is 72.7 Å². The van der Waals surface area contributed by atoms with Gasteiger partial charge in [-0.05, 0) is 55.3 Å². The van der Waals surface area contributed by atoms with E-state index in [4.69, 9.17) is 4.74 Å². The number of rotatable bonds is 7. The van der Waals surface area contributed by atoms with Crippen LogP contribution in [0.25, 0.3) is 5.82 Å². The lowest BCUT2D eigenvalue weighted by Crippen LogP contribution is -2.12. The van der Waals surface area contributed by atoms with Crippen LogP contribution in [0.2, 0.25) is 0 Å². The Hall–Kier alpha value is -3.72. The number of anilines is 1. The monoisotopic (exact) mass is 435 g/mol. The van der Waals surface area contributed by atoms with Crippen LogP contribution in [0.4, 0.5) is 5.69 Å². The van der Waals surface area contributed by atoms with Gasteiger partial charge in [-0.1, -0.05) is 19.1 Å². The first-order valence-corrected chi connectivity index (χ1v) is 11.1. The van der Waals surface area contributed by atoms with E-state index in [9.17, 15) is 8.42 Å². The second-order valence-electron chi connectivity index (χ2n) is 6.81. The molecule has 4 aromatic rings. The van der Waals surface area contributed by atoms with Crippen molar-refractivity contribution in [3.8, 4) is 17.4 Å². The number of benzene rings is 2. The number of imidazole rings is 1. The molecule has 0 spiro atoms. The van der Waals surface area contributed by atoms with Gasteiger partial charge in [-0.3, -0.25) is 9.29 Å². The zero-order chi connectivity index (χ0) is 21.8. The molecule has 0 fully saturated rings. The van der Waals surface area contributed by atoms with Crippen LogP contribution in [0.1, 0.15) is 18.3 Å². The summed E-state index contributed by atoms with van der Waals surface area (Å²) in [5.41, 5.74) is 1.52. The van der Waals surface area contributed by atoms with Crippen LogP contribution < -0.4 is 9.46 Å². The molecule has 0 saturated carbocycles. The van der Waals surface area contributed by atoms with E-state index in [0.29, 0.717) is 29.0 Å². The molecule has 0 aliphatic rings. The molecule has 0 unspecified atom stereocenters. The second-order valence-corrected chi connectivity index (χ2v) is 8.49. The van der Waals surface area contributed by atoms with Crippen LogP contribution in [0.5, 0.6) is 11.6 Å². The normalized spacial score (nSPS) is 11.3. The lowest BCUT2D eigenvalue weighted by Gasteiger charge is -2.11. The lowest BCUT2D eigenvalue weighted by atomic mass is 10.2. The van der Waals surface area contributed by atoms with Gasteiger partial charge in [0, 0.05) is 24.1 Å². The van der Waals surface area contributed by atoms with Crippen LogP contribution in [-0.2, 0) is 16.4 Å². The van der Waals surface area contributed by atoms with Gasteiger partial charge in [0.25, 0.3) is 10.0 Å². The second kappa shape index (κ2) is 8.57. The van der Waals surface area contributed by atoms with Crippen molar-refractivity contribution >= 4 is 15.7 Å². The summed E-state index contributed by atoms with van der Waals surface area (Å²) in [6.45, 7) is 3.80. The minimum Gasteiger partial charge on any atom is -0.439 e. The first-order valence-electron chi connectivity index (χ1n) is 9.66. The summed E-state index contributed by atoms with van der Waals surface area (Å²) in [6, 6.07) is 15.2. The molecule has 0 saturated heterocycles. The third-order valence-electron chi connectivity index (χ3n) is 4.54. The smallest absolute Gasteiger partial charge is 0.261 e. The molecule has 0 aliphatic heterocycles. The Balaban J connectivity index is 1.48. The van der Waals surface area contributed by atoms with Gasteiger partial charge in [-0.25, -0.2) is 18.4 Å². The van der Waals surface area contributed by atoms with Gasteiger partial charge in [0.15, 0.2) is 0 Å². The topological polar surface area (TPSA) is 99.0 Å². The van der Waals surface area contributed by atoms with Gasteiger partial charge >= 0.3 is 0 Å². The molecule has 2 heterocycles. The Morgan fingerprint density at radius 2 is 1.77 bits per heavy atom. The van der Waals surface area contributed by atoms with Gasteiger partial charge in [-0.15, -0.1) is 0 Å². The number of sulfonamides is 1. The Bertz CT molecular complexity index is 1270. The quantitative estimate of drug-likeness (QED) is 0.469. The standard InChI is InChI=1S/C22H21N5O3S/c1-3-17-4-10-20(11-5-17)31(28,29)26-18-6-8-19(9-7-18)30-22-14-21(24-16(2)25-22)27-13-12-23-15-27/h4-15,26H,3H2,1-2H3. The van der Waals surface area contributed by atoms with Crippen LogP contribution in [0.3, 0.4) is 0 Å². The summed E-state index contributed by atoms with van der Waals surface area (Å²) in [5.74, 6) is 2.09. The first kappa shape index (κ1) is 20.5. The summed E-state index contributed by atoms with van der Waals surface area (Å²) in [5, 5.41) is 0. The molecule has 0 aliphatic carbocycles. The maximum Gasteiger partial charge on any atom is 0.261 e. The van der Waals surface area contributed by atoms with E-state index in [0.717, 1.165) is 12.0 Å². The highest BCUT2D eigenvalue weighted by atomic mass is 32.2. The number of aromatic nitrogens is 4. The summed E-state index contributed by atoms with van der Waals surface area (Å²) in [6.07, 6.45) is 5.94. The molecular weight excluding hydrogens is 414 g/mol. The molecule has 31 heavy (non-hydrogen) atoms. The zero-order valence-corrected chi connectivity index (χ0v) is 17.9. The van der Waals surface area contributed by atoms with Gasteiger partial charge in [-0.2, -0.15) is 4.98 Å².